The van der Waals surface area contributed by atoms with E-state index in [0.29, 0.717) is 16.9 Å². The van der Waals surface area contributed by atoms with E-state index in [9.17, 15) is 18.0 Å². The molecule has 6 heteroatoms. The van der Waals surface area contributed by atoms with Crippen molar-refractivity contribution in [3.05, 3.63) is 96.1 Å². The number of halogens is 3. The maximum atomic E-state index is 14.1. The second kappa shape index (κ2) is 8.22. The van der Waals surface area contributed by atoms with Crippen molar-refractivity contribution in [1.29, 1.82) is 0 Å². The maximum absolute atomic E-state index is 14.1. The van der Waals surface area contributed by atoms with Crippen molar-refractivity contribution in [3.8, 4) is 0 Å². The summed E-state index contributed by atoms with van der Waals surface area (Å²) in [7, 11) is 0. The van der Waals surface area contributed by atoms with Gasteiger partial charge >= 0.3 is 6.18 Å². The van der Waals surface area contributed by atoms with Crippen molar-refractivity contribution >= 4 is 17.3 Å². The fraction of sp³-hybridized carbons (Fsp3) is 0.208. The molecule has 2 atom stereocenters. The Labute approximate surface area is 173 Å². The largest absolute Gasteiger partial charge is 0.409 e. The molecule has 2 unspecified atom stereocenters. The van der Waals surface area contributed by atoms with Crippen LogP contribution >= 0.6 is 0 Å². The summed E-state index contributed by atoms with van der Waals surface area (Å²) in [5, 5.41) is 2.63. The maximum Gasteiger partial charge on any atom is 0.409 e. The molecule has 0 spiro atoms. The minimum absolute atomic E-state index is 0.00384. The monoisotopic (exact) mass is 410 g/mol. The zero-order chi connectivity index (χ0) is 21.1. The van der Waals surface area contributed by atoms with Crippen LogP contribution in [-0.4, -0.2) is 18.1 Å². The highest BCUT2D eigenvalue weighted by molar-refractivity contribution is 6.00. The first kappa shape index (κ1) is 20.0. The van der Waals surface area contributed by atoms with Crippen LogP contribution in [0.25, 0.3) is 0 Å². The molecule has 0 fully saturated rings. The van der Waals surface area contributed by atoms with Gasteiger partial charge in [0.2, 0.25) is 5.91 Å². The van der Waals surface area contributed by atoms with E-state index in [1.165, 1.54) is 4.90 Å². The Kier molecular flexibility index (Phi) is 5.48. The number of rotatable bonds is 4. The number of fused-ring (bicyclic) bond motifs is 1. The van der Waals surface area contributed by atoms with Gasteiger partial charge in [0, 0.05) is 0 Å². The van der Waals surface area contributed by atoms with Crippen LogP contribution in [0.4, 0.5) is 24.5 Å². The van der Waals surface area contributed by atoms with Gasteiger partial charge in [-0.25, -0.2) is 0 Å². The molecule has 1 N–H and O–H groups in total. The molecule has 3 aromatic carbocycles. The van der Waals surface area contributed by atoms with Gasteiger partial charge in [0.05, 0.1) is 23.8 Å². The lowest BCUT2D eigenvalue weighted by Crippen LogP contribution is -2.48. The summed E-state index contributed by atoms with van der Waals surface area (Å²) in [6.07, 6.45) is -4.58. The summed E-state index contributed by atoms with van der Waals surface area (Å²) in [6.45, 7) is 0.203. The van der Waals surface area contributed by atoms with Crippen molar-refractivity contribution in [2.24, 2.45) is 5.92 Å². The second-order valence-corrected chi connectivity index (χ2v) is 7.39. The SMILES string of the molecule is O=C1C(Cc2ccccc2)C(C(F)(F)F)Nc2ccccc2N1Cc1ccccc1. The normalized spacial score (nSPS) is 19.0. The lowest BCUT2D eigenvalue weighted by Gasteiger charge is -2.29. The van der Waals surface area contributed by atoms with Crippen LogP contribution < -0.4 is 10.2 Å². The molecule has 3 nitrogen and oxygen atoms in total. The Hall–Kier alpha value is -3.28. The first-order valence-electron chi connectivity index (χ1n) is 9.75. The molecule has 4 rings (SSSR count). The minimum Gasteiger partial charge on any atom is -0.372 e. The summed E-state index contributed by atoms with van der Waals surface area (Å²) in [5.74, 6) is -1.83. The molecule has 3 aromatic rings. The number of hydrogen-bond acceptors (Lipinski definition) is 2. The topological polar surface area (TPSA) is 32.3 Å². The molecule has 0 saturated carbocycles. The number of carbonyl (C=O) groups is 1. The second-order valence-electron chi connectivity index (χ2n) is 7.39. The van der Waals surface area contributed by atoms with Crippen LogP contribution in [0.5, 0.6) is 0 Å². The van der Waals surface area contributed by atoms with E-state index in [1.54, 1.807) is 54.6 Å². The van der Waals surface area contributed by atoms with Crippen LogP contribution in [0.1, 0.15) is 11.1 Å². The molecular formula is C24H21F3N2O. The number of hydrogen-bond donors (Lipinski definition) is 1. The molecule has 0 aromatic heterocycles. The average molecular weight is 410 g/mol. The third kappa shape index (κ3) is 4.17. The summed E-state index contributed by atoms with van der Waals surface area (Å²) in [6, 6.07) is 22.8. The summed E-state index contributed by atoms with van der Waals surface area (Å²) >= 11 is 0. The van der Waals surface area contributed by atoms with Crippen LogP contribution in [0.15, 0.2) is 84.9 Å². The number of anilines is 2. The van der Waals surface area contributed by atoms with Gasteiger partial charge in [-0.15, -0.1) is 0 Å². The third-order valence-corrected chi connectivity index (χ3v) is 5.33. The zero-order valence-corrected chi connectivity index (χ0v) is 16.1. The fourth-order valence-corrected chi connectivity index (χ4v) is 3.87. The minimum atomic E-state index is -4.58. The first-order valence-corrected chi connectivity index (χ1v) is 9.75. The number of alkyl halides is 3. The Bertz CT molecular complexity index is 1010. The molecule has 0 saturated heterocycles. The summed E-state index contributed by atoms with van der Waals surface area (Å²) < 4.78 is 42.2. The molecule has 1 aliphatic rings. The zero-order valence-electron chi connectivity index (χ0n) is 16.1. The smallest absolute Gasteiger partial charge is 0.372 e. The van der Waals surface area contributed by atoms with E-state index in [0.717, 1.165) is 5.56 Å². The molecule has 0 bridgehead atoms. The molecule has 30 heavy (non-hydrogen) atoms. The third-order valence-electron chi connectivity index (χ3n) is 5.33. The lowest BCUT2D eigenvalue weighted by molar-refractivity contribution is -0.159. The fourth-order valence-electron chi connectivity index (χ4n) is 3.87. The number of nitrogens with zero attached hydrogens (tertiary/aromatic N) is 1. The Morgan fingerprint density at radius 1 is 0.800 bits per heavy atom. The van der Waals surface area contributed by atoms with Crippen molar-refractivity contribution in [3.63, 3.8) is 0 Å². The number of benzene rings is 3. The van der Waals surface area contributed by atoms with Gasteiger partial charge in [0.1, 0.15) is 6.04 Å². The quantitative estimate of drug-likeness (QED) is 0.622. The van der Waals surface area contributed by atoms with Crippen LogP contribution in [0.2, 0.25) is 0 Å². The van der Waals surface area contributed by atoms with E-state index in [-0.39, 0.29) is 13.0 Å². The average Bonchev–Trinajstić information content (AvgIpc) is 2.86. The van der Waals surface area contributed by atoms with Gasteiger partial charge in [0.25, 0.3) is 0 Å². The van der Waals surface area contributed by atoms with Crippen molar-refractivity contribution in [2.45, 2.75) is 25.2 Å². The van der Waals surface area contributed by atoms with Crippen LogP contribution in [0, 0.1) is 5.92 Å². The van der Waals surface area contributed by atoms with Crippen LogP contribution in [0.3, 0.4) is 0 Å². The van der Waals surface area contributed by atoms with Gasteiger partial charge in [-0.05, 0) is 29.7 Å². The van der Waals surface area contributed by atoms with E-state index in [2.05, 4.69) is 5.32 Å². The first-order chi connectivity index (χ1) is 14.4. The van der Waals surface area contributed by atoms with Crippen LogP contribution in [-0.2, 0) is 17.8 Å². The van der Waals surface area contributed by atoms with Gasteiger partial charge in [-0.2, -0.15) is 13.2 Å². The highest BCUT2D eigenvalue weighted by Gasteiger charge is 2.50. The van der Waals surface area contributed by atoms with E-state index in [1.807, 2.05) is 30.3 Å². The van der Waals surface area contributed by atoms with Gasteiger partial charge in [-0.3, -0.25) is 4.79 Å². The Morgan fingerprint density at radius 3 is 2.00 bits per heavy atom. The number of carbonyl (C=O) groups excluding carboxylic acids is 1. The molecule has 154 valence electrons. The summed E-state index contributed by atoms with van der Waals surface area (Å²) in [5.41, 5.74) is 2.30. The standard InChI is InChI=1S/C24H21F3N2O/c25-24(26,27)22-19(15-17-9-3-1-4-10-17)23(30)29(16-18-11-5-2-6-12-18)21-14-8-7-13-20(21)28-22/h1-14,19,22,28H,15-16H2. The molecule has 1 aliphatic heterocycles. The van der Waals surface area contributed by atoms with E-state index >= 15 is 0 Å². The highest BCUT2D eigenvalue weighted by atomic mass is 19.4. The van der Waals surface area contributed by atoms with Crippen molar-refractivity contribution < 1.29 is 18.0 Å². The van der Waals surface area contributed by atoms with E-state index < -0.39 is 24.0 Å². The predicted molar refractivity (Wildman–Crippen MR) is 111 cm³/mol. The predicted octanol–water partition coefficient (Wildman–Crippen LogP) is 5.44. The molecule has 1 heterocycles. The molecule has 0 radical (unpaired) electrons. The number of nitrogens with one attached hydrogen (secondary N) is 1. The molecule has 0 aliphatic carbocycles. The van der Waals surface area contributed by atoms with Gasteiger partial charge in [-0.1, -0.05) is 72.8 Å². The lowest BCUT2D eigenvalue weighted by atomic mass is 9.90. The molecule has 1 amide bonds. The van der Waals surface area contributed by atoms with Crippen molar-refractivity contribution in [2.75, 3.05) is 10.2 Å². The summed E-state index contributed by atoms with van der Waals surface area (Å²) in [4.78, 5) is 15.0. The van der Waals surface area contributed by atoms with E-state index in [4.69, 9.17) is 0 Å². The Morgan fingerprint density at radius 2 is 1.37 bits per heavy atom. The number of para-hydroxylation sites is 2. The Balaban J connectivity index is 1.78. The number of amides is 1. The van der Waals surface area contributed by atoms with Crippen molar-refractivity contribution in [1.82, 2.24) is 0 Å². The molecular weight excluding hydrogens is 389 g/mol. The van der Waals surface area contributed by atoms with Gasteiger partial charge < -0.3 is 10.2 Å². The van der Waals surface area contributed by atoms with Gasteiger partial charge in [0.15, 0.2) is 0 Å². The highest BCUT2D eigenvalue weighted by Crippen LogP contribution is 2.39.